The third-order valence-electron chi connectivity index (χ3n) is 4.14. The van der Waals surface area contributed by atoms with Crippen LogP contribution in [-0.4, -0.2) is 22.6 Å². The van der Waals surface area contributed by atoms with Crippen molar-refractivity contribution in [1.82, 2.24) is 9.59 Å². The Morgan fingerprint density at radius 3 is 2.62 bits per heavy atom. The minimum absolute atomic E-state index is 0.237. The number of hydrogen-bond donors (Lipinski definition) is 1. The van der Waals surface area contributed by atoms with Gasteiger partial charge in [0.05, 0.1) is 12.8 Å². The first-order chi connectivity index (χ1) is 14.2. The summed E-state index contributed by atoms with van der Waals surface area (Å²) in [6.07, 6.45) is 0. The van der Waals surface area contributed by atoms with Crippen LogP contribution in [0.25, 0.3) is 11.3 Å². The highest BCUT2D eigenvalue weighted by atomic mass is 32.2. The van der Waals surface area contributed by atoms with E-state index < -0.39 is 0 Å². The molecule has 0 fully saturated rings. The standard InChI is InChI=1S/C22H17N3O2S2/c1-27-16-9-7-8-15(14-16)20-21(29-25-24-20)22(26)23-18-12-5-6-13-19(18)28-17-10-3-2-4-11-17/h2-14H,1H3,(H,23,26). The molecule has 1 heterocycles. The van der Waals surface area contributed by atoms with Gasteiger partial charge in [0.1, 0.15) is 16.3 Å². The zero-order chi connectivity index (χ0) is 20.1. The molecule has 5 nitrogen and oxygen atoms in total. The highest BCUT2D eigenvalue weighted by Gasteiger charge is 2.19. The molecule has 0 atom stereocenters. The van der Waals surface area contributed by atoms with Crippen LogP contribution in [0.2, 0.25) is 0 Å². The Balaban J connectivity index is 1.59. The molecule has 3 aromatic carbocycles. The molecular weight excluding hydrogens is 402 g/mol. The fourth-order valence-electron chi connectivity index (χ4n) is 2.75. The number of benzene rings is 3. The van der Waals surface area contributed by atoms with Gasteiger partial charge in [-0.1, -0.05) is 58.7 Å². The SMILES string of the molecule is COc1cccc(-c2nnsc2C(=O)Nc2ccccc2Sc2ccccc2)c1. The molecule has 29 heavy (non-hydrogen) atoms. The Labute approximate surface area is 176 Å². The second-order valence-corrected chi connectivity index (χ2v) is 7.92. The van der Waals surface area contributed by atoms with E-state index in [1.165, 1.54) is 0 Å². The van der Waals surface area contributed by atoms with Gasteiger partial charge in [-0.2, -0.15) is 0 Å². The number of aromatic nitrogens is 2. The Morgan fingerprint density at radius 1 is 1.00 bits per heavy atom. The van der Waals surface area contributed by atoms with Crippen molar-refractivity contribution >= 4 is 34.9 Å². The van der Waals surface area contributed by atoms with Crippen molar-refractivity contribution in [2.45, 2.75) is 9.79 Å². The van der Waals surface area contributed by atoms with Crippen LogP contribution in [0.5, 0.6) is 5.75 Å². The predicted molar refractivity (Wildman–Crippen MR) is 117 cm³/mol. The number of nitrogens with zero attached hydrogens (tertiary/aromatic N) is 2. The van der Waals surface area contributed by atoms with Crippen LogP contribution >= 0.6 is 23.3 Å². The summed E-state index contributed by atoms with van der Waals surface area (Å²) in [4.78, 5) is 15.5. The highest BCUT2D eigenvalue weighted by Crippen LogP contribution is 2.34. The summed E-state index contributed by atoms with van der Waals surface area (Å²) in [5, 5.41) is 7.17. The third kappa shape index (κ3) is 4.47. The highest BCUT2D eigenvalue weighted by molar-refractivity contribution is 7.99. The van der Waals surface area contributed by atoms with Crippen molar-refractivity contribution in [2.75, 3.05) is 12.4 Å². The summed E-state index contributed by atoms with van der Waals surface area (Å²) in [5.41, 5.74) is 2.08. The number of anilines is 1. The molecule has 144 valence electrons. The van der Waals surface area contributed by atoms with Gasteiger partial charge in [-0.3, -0.25) is 4.79 Å². The van der Waals surface area contributed by atoms with Crippen LogP contribution in [0.1, 0.15) is 9.67 Å². The Hall–Kier alpha value is -3.16. The molecule has 1 aromatic heterocycles. The van der Waals surface area contributed by atoms with Crippen LogP contribution in [0, 0.1) is 0 Å². The number of nitrogens with one attached hydrogen (secondary N) is 1. The quantitative estimate of drug-likeness (QED) is 0.440. The van der Waals surface area contributed by atoms with E-state index in [1.54, 1.807) is 18.9 Å². The van der Waals surface area contributed by atoms with Crippen molar-refractivity contribution in [3.63, 3.8) is 0 Å². The average Bonchev–Trinajstić information content (AvgIpc) is 3.26. The fraction of sp³-hybridized carbons (Fsp3) is 0.0455. The lowest BCUT2D eigenvalue weighted by Crippen LogP contribution is -2.12. The molecule has 0 saturated carbocycles. The van der Waals surface area contributed by atoms with Crippen molar-refractivity contribution in [3.8, 4) is 17.0 Å². The van der Waals surface area contributed by atoms with E-state index in [2.05, 4.69) is 14.9 Å². The molecule has 0 unspecified atom stereocenters. The number of hydrogen-bond acceptors (Lipinski definition) is 6. The van der Waals surface area contributed by atoms with Crippen molar-refractivity contribution < 1.29 is 9.53 Å². The lowest BCUT2D eigenvalue weighted by molar-refractivity contribution is 0.103. The Kier molecular flexibility index (Phi) is 5.88. The van der Waals surface area contributed by atoms with Crippen LogP contribution in [0.4, 0.5) is 5.69 Å². The van der Waals surface area contributed by atoms with Gasteiger partial charge in [-0.15, -0.1) is 5.10 Å². The molecule has 0 radical (unpaired) electrons. The number of carbonyl (C=O) groups excluding carboxylic acids is 1. The summed E-state index contributed by atoms with van der Waals surface area (Å²) in [5.74, 6) is 0.463. The maximum absolute atomic E-state index is 13.0. The monoisotopic (exact) mass is 419 g/mol. The molecular formula is C22H17N3O2S2. The first kappa shape index (κ1) is 19.2. The molecule has 1 N–H and O–H groups in total. The predicted octanol–water partition coefficient (Wildman–Crippen LogP) is 5.62. The Morgan fingerprint density at radius 2 is 1.79 bits per heavy atom. The van der Waals surface area contributed by atoms with Gasteiger partial charge < -0.3 is 10.1 Å². The molecule has 0 saturated heterocycles. The fourth-order valence-corrected chi connectivity index (χ4v) is 4.26. The number of amides is 1. The smallest absolute Gasteiger partial charge is 0.269 e. The lowest BCUT2D eigenvalue weighted by atomic mass is 10.1. The molecule has 4 aromatic rings. The molecule has 0 aliphatic heterocycles. The largest absolute Gasteiger partial charge is 0.497 e. The van der Waals surface area contributed by atoms with E-state index in [1.807, 2.05) is 78.9 Å². The second-order valence-electron chi connectivity index (χ2n) is 6.05. The normalized spacial score (nSPS) is 10.5. The molecule has 1 amide bonds. The van der Waals surface area contributed by atoms with Gasteiger partial charge in [0.15, 0.2) is 0 Å². The number of para-hydroxylation sites is 1. The van der Waals surface area contributed by atoms with E-state index in [9.17, 15) is 4.79 Å². The summed E-state index contributed by atoms with van der Waals surface area (Å²) in [6.45, 7) is 0. The summed E-state index contributed by atoms with van der Waals surface area (Å²) < 4.78 is 9.26. The van der Waals surface area contributed by atoms with Gasteiger partial charge in [0.25, 0.3) is 5.91 Å². The second kappa shape index (κ2) is 8.89. The molecule has 4 rings (SSSR count). The minimum Gasteiger partial charge on any atom is -0.497 e. The summed E-state index contributed by atoms with van der Waals surface area (Å²) in [6, 6.07) is 25.2. The van der Waals surface area contributed by atoms with Crippen molar-refractivity contribution in [3.05, 3.63) is 83.7 Å². The van der Waals surface area contributed by atoms with E-state index in [0.717, 1.165) is 32.6 Å². The zero-order valence-corrected chi connectivity index (χ0v) is 17.2. The van der Waals surface area contributed by atoms with Crippen molar-refractivity contribution in [2.24, 2.45) is 0 Å². The lowest BCUT2D eigenvalue weighted by Gasteiger charge is -2.10. The van der Waals surface area contributed by atoms with E-state index in [-0.39, 0.29) is 5.91 Å². The van der Waals surface area contributed by atoms with Gasteiger partial charge >= 0.3 is 0 Å². The molecule has 0 spiro atoms. The van der Waals surface area contributed by atoms with Crippen LogP contribution in [0.3, 0.4) is 0 Å². The summed E-state index contributed by atoms with van der Waals surface area (Å²) >= 11 is 2.67. The molecule has 0 aliphatic rings. The number of rotatable bonds is 6. The van der Waals surface area contributed by atoms with Crippen LogP contribution in [-0.2, 0) is 0 Å². The van der Waals surface area contributed by atoms with E-state index in [0.29, 0.717) is 16.3 Å². The topological polar surface area (TPSA) is 64.1 Å². The van der Waals surface area contributed by atoms with E-state index in [4.69, 9.17) is 4.74 Å². The number of methoxy groups -OCH3 is 1. The maximum atomic E-state index is 13.0. The molecule has 0 aliphatic carbocycles. The number of ether oxygens (including phenoxy) is 1. The van der Waals surface area contributed by atoms with Crippen molar-refractivity contribution in [1.29, 1.82) is 0 Å². The van der Waals surface area contributed by atoms with Gasteiger partial charge in [0, 0.05) is 15.4 Å². The van der Waals surface area contributed by atoms with Crippen LogP contribution in [0.15, 0.2) is 88.7 Å². The average molecular weight is 420 g/mol. The third-order valence-corrected chi connectivity index (χ3v) is 5.95. The van der Waals surface area contributed by atoms with Gasteiger partial charge in [-0.05, 0) is 47.9 Å². The summed E-state index contributed by atoms with van der Waals surface area (Å²) in [7, 11) is 1.60. The van der Waals surface area contributed by atoms with Gasteiger partial charge in [-0.25, -0.2) is 0 Å². The first-order valence-electron chi connectivity index (χ1n) is 8.84. The maximum Gasteiger partial charge on any atom is 0.269 e. The Bertz CT molecular complexity index is 1130. The zero-order valence-electron chi connectivity index (χ0n) is 15.5. The number of carbonyl (C=O) groups is 1. The minimum atomic E-state index is -0.237. The molecule has 7 heteroatoms. The first-order valence-corrected chi connectivity index (χ1v) is 10.4. The van der Waals surface area contributed by atoms with Gasteiger partial charge in [0.2, 0.25) is 0 Å². The van der Waals surface area contributed by atoms with E-state index >= 15 is 0 Å². The molecule has 0 bridgehead atoms. The van der Waals surface area contributed by atoms with Crippen LogP contribution < -0.4 is 10.1 Å².